The zero-order valence-electron chi connectivity index (χ0n) is 8.32. The summed E-state index contributed by atoms with van der Waals surface area (Å²) in [5, 5.41) is 0. The molecule has 1 rings (SSSR count). The normalized spacial score (nSPS) is 9.79. The van der Waals surface area contributed by atoms with Crippen LogP contribution in [0, 0.1) is 0 Å². The van der Waals surface area contributed by atoms with Crippen molar-refractivity contribution < 1.29 is 9.53 Å². The average Bonchev–Trinajstić information content (AvgIpc) is 2.17. The first-order chi connectivity index (χ1) is 6.72. The van der Waals surface area contributed by atoms with Crippen LogP contribution < -0.4 is 10.5 Å². The maximum Gasteiger partial charge on any atom is 0.255 e. The fraction of sp³-hybridized carbons (Fsp3) is 0.364. The van der Waals surface area contributed by atoms with Gasteiger partial charge in [0.1, 0.15) is 5.75 Å². The molecule has 0 unspecified atom stereocenters. The smallest absolute Gasteiger partial charge is 0.255 e. The number of hydrogen-bond acceptors (Lipinski definition) is 2. The zero-order chi connectivity index (χ0) is 10.4. The molecule has 0 atom stereocenters. The lowest BCUT2D eigenvalue weighted by Gasteiger charge is -2.04. The van der Waals surface area contributed by atoms with E-state index < -0.39 is 5.91 Å². The second-order valence-electron chi connectivity index (χ2n) is 3.15. The molecule has 14 heavy (non-hydrogen) atoms. The Balaban J connectivity index is 2.50. The molecular formula is C11H15NO2. The molecule has 0 saturated carbocycles. The third-order valence-electron chi connectivity index (χ3n) is 1.84. The molecule has 2 N–H and O–H groups in total. The minimum Gasteiger partial charge on any atom is -0.484 e. The van der Waals surface area contributed by atoms with Gasteiger partial charge in [-0.1, -0.05) is 25.5 Å². The van der Waals surface area contributed by atoms with Gasteiger partial charge in [0.25, 0.3) is 5.91 Å². The lowest BCUT2D eigenvalue weighted by Crippen LogP contribution is -2.19. The Morgan fingerprint density at radius 2 is 2.00 bits per heavy atom. The summed E-state index contributed by atoms with van der Waals surface area (Å²) in [5.41, 5.74) is 6.23. The first-order valence-corrected chi connectivity index (χ1v) is 4.72. The number of rotatable bonds is 5. The summed E-state index contributed by atoms with van der Waals surface area (Å²) in [6.07, 6.45) is 2.19. The van der Waals surface area contributed by atoms with E-state index in [1.807, 2.05) is 24.3 Å². The van der Waals surface area contributed by atoms with E-state index in [4.69, 9.17) is 10.5 Å². The van der Waals surface area contributed by atoms with Crippen LogP contribution in [0.5, 0.6) is 5.75 Å². The zero-order valence-corrected chi connectivity index (χ0v) is 8.32. The summed E-state index contributed by atoms with van der Waals surface area (Å²) in [5.74, 6) is 0.228. The van der Waals surface area contributed by atoms with Crippen LogP contribution in [0.3, 0.4) is 0 Å². The number of primary amides is 1. The van der Waals surface area contributed by atoms with Crippen LogP contribution in [-0.2, 0) is 11.2 Å². The molecular weight excluding hydrogens is 178 g/mol. The van der Waals surface area contributed by atoms with Gasteiger partial charge in [-0.15, -0.1) is 0 Å². The van der Waals surface area contributed by atoms with Crippen molar-refractivity contribution in [2.75, 3.05) is 6.61 Å². The van der Waals surface area contributed by atoms with E-state index in [1.165, 1.54) is 5.56 Å². The third kappa shape index (κ3) is 3.47. The Hall–Kier alpha value is -1.51. The van der Waals surface area contributed by atoms with Gasteiger partial charge in [-0.25, -0.2) is 0 Å². The summed E-state index contributed by atoms with van der Waals surface area (Å²) in [6.45, 7) is 2.07. The first-order valence-electron chi connectivity index (χ1n) is 4.72. The minimum absolute atomic E-state index is 0.0624. The average molecular weight is 193 g/mol. The molecule has 3 heteroatoms. The SMILES string of the molecule is CCCc1ccc(OCC(N)=O)cc1. The molecule has 0 saturated heterocycles. The van der Waals surface area contributed by atoms with Crippen molar-refractivity contribution in [1.82, 2.24) is 0 Å². The van der Waals surface area contributed by atoms with E-state index >= 15 is 0 Å². The van der Waals surface area contributed by atoms with E-state index in [-0.39, 0.29) is 6.61 Å². The molecule has 0 aliphatic carbocycles. The molecule has 0 aliphatic rings. The number of carbonyl (C=O) groups excluding carboxylic acids is 1. The first kappa shape index (κ1) is 10.6. The third-order valence-corrected chi connectivity index (χ3v) is 1.84. The van der Waals surface area contributed by atoms with Crippen LogP contribution in [0.2, 0.25) is 0 Å². The fourth-order valence-corrected chi connectivity index (χ4v) is 1.20. The molecule has 0 aliphatic heterocycles. The van der Waals surface area contributed by atoms with Crippen molar-refractivity contribution in [3.05, 3.63) is 29.8 Å². The Labute approximate surface area is 83.9 Å². The van der Waals surface area contributed by atoms with Gasteiger partial charge in [0.2, 0.25) is 0 Å². The summed E-state index contributed by atoms with van der Waals surface area (Å²) in [4.78, 5) is 10.4. The highest BCUT2D eigenvalue weighted by molar-refractivity contribution is 5.75. The van der Waals surface area contributed by atoms with Crippen LogP contribution in [0.25, 0.3) is 0 Å². The van der Waals surface area contributed by atoms with E-state index in [2.05, 4.69) is 6.92 Å². The molecule has 76 valence electrons. The molecule has 3 nitrogen and oxygen atoms in total. The second-order valence-corrected chi connectivity index (χ2v) is 3.15. The van der Waals surface area contributed by atoms with Gasteiger partial charge in [0, 0.05) is 0 Å². The largest absolute Gasteiger partial charge is 0.484 e. The van der Waals surface area contributed by atoms with Crippen molar-refractivity contribution in [2.45, 2.75) is 19.8 Å². The quantitative estimate of drug-likeness (QED) is 0.770. The second kappa shape index (κ2) is 5.27. The topological polar surface area (TPSA) is 52.3 Å². The Morgan fingerprint density at radius 3 is 2.50 bits per heavy atom. The number of ether oxygens (including phenoxy) is 1. The van der Waals surface area contributed by atoms with Gasteiger partial charge in [-0.05, 0) is 24.1 Å². The van der Waals surface area contributed by atoms with Gasteiger partial charge < -0.3 is 10.5 Å². The Kier molecular flexibility index (Phi) is 3.98. The number of carbonyl (C=O) groups is 1. The molecule has 1 aromatic rings. The standard InChI is InChI=1S/C11H15NO2/c1-2-3-9-4-6-10(7-5-9)14-8-11(12)13/h4-7H,2-3,8H2,1H3,(H2,12,13). The number of hydrogen-bond donors (Lipinski definition) is 1. The minimum atomic E-state index is -0.456. The van der Waals surface area contributed by atoms with Gasteiger partial charge in [0.05, 0.1) is 0 Å². The highest BCUT2D eigenvalue weighted by Crippen LogP contribution is 2.12. The monoisotopic (exact) mass is 193 g/mol. The van der Waals surface area contributed by atoms with E-state index in [0.29, 0.717) is 5.75 Å². The Bertz CT molecular complexity index is 293. The van der Waals surface area contributed by atoms with E-state index in [1.54, 1.807) is 0 Å². The lowest BCUT2D eigenvalue weighted by molar-refractivity contribution is -0.119. The maximum atomic E-state index is 10.4. The van der Waals surface area contributed by atoms with Gasteiger partial charge in [0.15, 0.2) is 6.61 Å². The predicted molar refractivity (Wildman–Crippen MR) is 55.1 cm³/mol. The van der Waals surface area contributed by atoms with Crippen LogP contribution in [0.4, 0.5) is 0 Å². The van der Waals surface area contributed by atoms with Gasteiger partial charge >= 0.3 is 0 Å². The lowest BCUT2D eigenvalue weighted by atomic mass is 10.1. The van der Waals surface area contributed by atoms with Crippen molar-refractivity contribution in [1.29, 1.82) is 0 Å². The summed E-state index contributed by atoms with van der Waals surface area (Å²) in [6, 6.07) is 7.71. The van der Waals surface area contributed by atoms with Gasteiger partial charge in [-0.3, -0.25) is 4.79 Å². The van der Waals surface area contributed by atoms with Crippen molar-refractivity contribution >= 4 is 5.91 Å². The number of amides is 1. The fourth-order valence-electron chi connectivity index (χ4n) is 1.20. The summed E-state index contributed by atoms with van der Waals surface area (Å²) < 4.78 is 5.13. The van der Waals surface area contributed by atoms with Crippen molar-refractivity contribution in [3.8, 4) is 5.75 Å². The molecule has 0 aromatic heterocycles. The molecule has 1 aromatic carbocycles. The highest BCUT2D eigenvalue weighted by atomic mass is 16.5. The van der Waals surface area contributed by atoms with Crippen molar-refractivity contribution in [3.63, 3.8) is 0 Å². The van der Waals surface area contributed by atoms with Crippen LogP contribution in [-0.4, -0.2) is 12.5 Å². The number of nitrogens with two attached hydrogens (primary N) is 1. The molecule has 0 spiro atoms. The molecule has 0 radical (unpaired) electrons. The highest BCUT2D eigenvalue weighted by Gasteiger charge is 1.97. The van der Waals surface area contributed by atoms with Crippen LogP contribution in [0.15, 0.2) is 24.3 Å². The predicted octanol–water partition coefficient (Wildman–Crippen LogP) is 1.50. The van der Waals surface area contributed by atoms with Gasteiger partial charge in [-0.2, -0.15) is 0 Å². The molecule has 0 heterocycles. The molecule has 0 fully saturated rings. The number of benzene rings is 1. The summed E-state index contributed by atoms with van der Waals surface area (Å²) in [7, 11) is 0. The van der Waals surface area contributed by atoms with E-state index in [9.17, 15) is 4.79 Å². The van der Waals surface area contributed by atoms with E-state index in [0.717, 1.165) is 12.8 Å². The molecule has 0 bridgehead atoms. The maximum absolute atomic E-state index is 10.4. The Morgan fingerprint density at radius 1 is 1.36 bits per heavy atom. The van der Waals surface area contributed by atoms with Crippen LogP contribution in [0.1, 0.15) is 18.9 Å². The molecule has 1 amide bonds. The summed E-state index contributed by atoms with van der Waals surface area (Å²) >= 11 is 0. The van der Waals surface area contributed by atoms with Crippen LogP contribution >= 0.6 is 0 Å². The number of aryl methyl sites for hydroxylation is 1. The van der Waals surface area contributed by atoms with Crippen molar-refractivity contribution in [2.24, 2.45) is 5.73 Å².